The average Bonchev–Trinajstić information content (AvgIpc) is 3.22. The lowest BCUT2D eigenvalue weighted by molar-refractivity contribution is 0.631. The molecule has 0 atom stereocenters. The van der Waals surface area contributed by atoms with Crippen molar-refractivity contribution in [1.82, 2.24) is 25.1 Å². The molecule has 0 spiro atoms. The predicted octanol–water partition coefficient (Wildman–Crippen LogP) is 3.05. The highest BCUT2D eigenvalue weighted by atomic mass is 15.3. The number of aryl methyl sites for hydroxylation is 1. The summed E-state index contributed by atoms with van der Waals surface area (Å²) in [4.78, 5) is 16.4. The molecule has 7 nitrogen and oxygen atoms in total. The van der Waals surface area contributed by atoms with E-state index in [2.05, 4.69) is 72.2 Å². The van der Waals surface area contributed by atoms with Crippen molar-refractivity contribution in [2.75, 3.05) is 36.0 Å². The molecule has 0 bridgehead atoms. The number of hydrogen-bond acceptors (Lipinski definition) is 6. The highest BCUT2D eigenvalue weighted by Crippen LogP contribution is 2.26. The number of fused-ring (bicyclic) bond motifs is 1. The molecule has 0 saturated carbocycles. The van der Waals surface area contributed by atoms with Gasteiger partial charge in [0.15, 0.2) is 5.82 Å². The zero-order valence-corrected chi connectivity index (χ0v) is 15.7. The first-order valence-electron chi connectivity index (χ1n) is 9.47. The van der Waals surface area contributed by atoms with Crippen molar-refractivity contribution in [1.29, 1.82) is 0 Å². The molecule has 28 heavy (non-hydrogen) atoms. The average molecular weight is 371 g/mol. The first-order valence-corrected chi connectivity index (χ1v) is 9.47. The molecule has 4 aromatic rings. The van der Waals surface area contributed by atoms with Gasteiger partial charge in [-0.2, -0.15) is 0 Å². The first kappa shape index (κ1) is 16.7. The van der Waals surface area contributed by atoms with Gasteiger partial charge < -0.3 is 14.8 Å². The molecule has 140 valence electrons. The fraction of sp³-hybridized carbons (Fsp3) is 0.238. The molecule has 1 fully saturated rings. The van der Waals surface area contributed by atoms with E-state index < -0.39 is 0 Å². The molecule has 0 amide bonds. The predicted molar refractivity (Wildman–Crippen MR) is 111 cm³/mol. The van der Waals surface area contributed by atoms with Gasteiger partial charge >= 0.3 is 0 Å². The molecule has 0 aliphatic carbocycles. The number of nitrogens with zero attached hydrogens (tertiary/aromatic N) is 6. The van der Waals surface area contributed by atoms with Gasteiger partial charge in [0.2, 0.25) is 5.95 Å². The van der Waals surface area contributed by atoms with Crippen LogP contribution in [0.4, 0.5) is 11.8 Å². The standard InChI is InChI=1S/C21H21N7/c1-15-13-19(27-9-11-28(12-10-27)21-23-6-2-7-24-21)25-26-20(15)17-3-4-18-16(14-17)5-8-22-18/h2-8,13-14,22H,9-12H2,1H3. The number of aromatic nitrogens is 5. The summed E-state index contributed by atoms with van der Waals surface area (Å²) in [7, 11) is 0. The van der Waals surface area contributed by atoms with E-state index in [1.807, 2.05) is 12.3 Å². The van der Waals surface area contributed by atoms with Crippen LogP contribution >= 0.6 is 0 Å². The number of anilines is 2. The number of rotatable bonds is 3. The van der Waals surface area contributed by atoms with Crippen LogP contribution in [0.3, 0.4) is 0 Å². The van der Waals surface area contributed by atoms with Crippen LogP contribution in [0.15, 0.2) is 55.0 Å². The Hall–Kier alpha value is -3.48. The van der Waals surface area contributed by atoms with E-state index in [0.29, 0.717) is 0 Å². The van der Waals surface area contributed by atoms with Crippen molar-refractivity contribution in [3.05, 3.63) is 60.6 Å². The van der Waals surface area contributed by atoms with Gasteiger partial charge in [0.25, 0.3) is 0 Å². The number of aromatic amines is 1. The molecule has 1 saturated heterocycles. The van der Waals surface area contributed by atoms with Crippen LogP contribution in [0.25, 0.3) is 22.2 Å². The number of hydrogen-bond donors (Lipinski definition) is 1. The lowest BCUT2D eigenvalue weighted by Crippen LogP contribution is -2.47. The van der Waals surface area contributed by atoms with Gasteiger partial charge in [0, 0.05) is 61.2 Å². The van der Waals surface area contributed by atoms with Crippen LogP contribution in [-0.2, 0) is 0 Å². The largest absolute Gasteiger partial charge is 0.361 e. The summed E-state index contributed by atoms with van der Waals surface area (Å²) in [6, 6.07) is 12.4. The van der Waals surface area contributed by atoms with Crippen molar-refractivity contribution in [3.8, 4) is 11.3 Å². The number of nitrogens with one attached hydrogen (secondary N) is 1. The van der Waals surface area contributed by atoms with Crippen LogP contribution in [0.2, 0.25) is 0 Å². The summed E-state index contributed by atoms with van der Waals surface area (Å²) in [6.45, 7) is 5.60. The third-order valence-electron chi connectivity index (χ3n) is 5.24. The Labute approximate surface area is 163 Å². The number of benzene rings is 1. The smallest absolute Gasteiger partial charge is 0.225 e. The van der Waals surface area contributed by atoms with E-state index >= 15 is 0 Å². The van der Waals surface area contributed by atoms with Crippen molar-refractivity contribution in [2.45, 2.75) is 6.92 Å². The zero-order chi connectivity index (χ0) is 18.9. The van der Waals surface area contributed by atoms with Gasteiger partial charge in [0.1, 0.15) is 0 Å². The lowest BCUT2D eigenvalue weighted by atomic mass is 10.1. The van der Waals surface area contributed by atoms with E-state index in [1.165, 1.54) is 5.39 Å². The summed E-state index contributed by atoms with van der Waals surface area (Å²) in [5, 5.41) is 10.3. The molecular formula is C21H21N7. The molecular weight excluding hydrogens is 350 g/mol. The summed E-state index contributed by atoms with van der Waals surface area (Å²) >= 11 is 0. The first-order chi connectivity index (χ1) is 13.8. The quantitative estimate of drug-likeness (QED) is 0.597. The molecule has 5 rings (SSSR count). The number of piperazine rings is 1. The van der Waals surface area contributed by atoms with Gasteiger partial charge in [-0.15, -0.1) is 10.2 Å². The second-order valence-corrected chi connectivity index (χ2v) is 7.04. The molecule has 1 aliphatic heterocycles. The highest BCUT2D eigenvalue weighted by Gasteiger charge is 2.20. The maximum absolute atomic E-state index is 4.55. The summed E-state index contributed by atoms with van der Waals surface area (Å²) in [5.74, 6) is 1.72. The fourth-order valence-electron chi connectivity index (χ4n) is 3.70. The minimum absolute atomic E-state index is 0.792. The van der Waals surface area contributed by atoms with Crippen LogP contribution < -0.4 is 9.80 Å². The maximum Gasteiger partial charge on any atom is 0.225 e. The summed E-state index contributed by atoms with van der Waals surface area (Å²) < 4.78 is 0. The second-order valence-electron chi connectivity index (χ2n) is 7.04. The monoisotopic (exact) mass is 371 g/mol. The third kappa shape index (κ3) is 3.05. The Bertz CT molecular complexity index is 1100. The van der Waals surface area contributed by atoms with Crippen LogP contribution in [0, 0.1) is 6.92 Å². The molecule has 0 unspecified atom stereocenters. The molecule has 1 aromatic carbocycles. The van der Waals surface area contributed by atoms with Crippen LogP contribution in [-0.4, -0.2) is 51.3 Å². The Kier molecular flexibility index (Phi) is 4.12. The van der Waals surface area contributed by atoms with Crippen molar-refractivity contribution >= 4 is 22.7 Å². The van der Waals surface area contributed by atoms with Crippen molar-refractivity contribution in [3.63, 3.8) is 0 Å². The molecule has 7 heteroatoms. The Balaban J connectivity index is 1.34. The summed E-state index contributed by atoms with van der Waals surface area (Å²) in [6.07, 6.45) is 5.52. The summed E-state index contributed by atoms with van der Waals surface area (Å²) in [5.41, 5.74) is 4.29. The molecule has 3 aromatic heterocycles. The SMILES string of the molecule is Cc1cc(N2CCN(c3ncccn3)CC2)nnc1-c1ccc2[nH]ccc2c1. The molecule has 0 radical (unpaired) electrons. The van der Waals surface area contributed by atoms with Gasteiger partial charge in [-0.1, -0.05) is 6.07 Å². The van der Waals surface area contributed by atoms with Crippen LogP contribution in [0.5, 0.6) is 0 Å². The maximum atomic E-state index is 4.55. The minimum Gasteiger partial charge on any atom is -0.361 e. The van der Waals surface area contributed by atoms with Gasteiger partial charge in [0.05, 0.1) is 5.69 Å². The Morgan fingerprint density at radius 2 is 1.68 bits per heavy atom. The number of H-pyrrole nitrogens is 1. The zero-order valence-electron chi connectivity index (χ0n) is 15.7. The normalized spacial score (nSPS) is 14.6. The van der Waals surface area contributed by atoms with E-state index in [-0.39, 0.29) is 0 Å². The Morgan fingerprint density at radius 1 is 0.893 bits per heavy atom. The molecule has 4 heterocycles. The van der Waals surface area contributed by atoms with Gasteiger partial charge in [-0.3, -0.25) is 0 Å². The minimum atomic E-state index is 0.792. The third-order valence-corrected chi connectivity index (χ3v) is 5.24. The van der Waals surface area contributed by atoms with E-state index in [9.17, 15) is 0 Å². The van der Waals surface area contributed by atoms with E-state index in [4.69, 9.17) is 0 Å². The van der Waals surface area contributed by atoms with Gasteiger partial charge in [-0.05, 0) is 42.8 Å². The van der Waals surface area contributed by atoms with Crippen molar-refractivity contribution < 1.29 is 0 Å². The van der Waals surface area contributed by atoms with Gasteiger partial charge in [-0.25, -0.2) is 9.97 Å². The topological polar surface area (TPSA) is 73.8 Å². The second kappa shape index (κ2) is 6.92. The van der Waals surface area contributed by atoms with E-state index in [1.54, 1.807) is 12.4 Å². The van der Waals surface area contributed by atoms with Crippen molar-refractivity contribution in [2.24, 2.45) is 0 Å². The fourth-order valence-corrected chi connectivity index (χ4v) is 3.70. The lowest BCUT2D eigenvalue weighted by Gasteiger charge is -2.35. The van der Waals surface area contributed by atoms with Crippen LogP contribution in [0.1, 0.15) is 5.56 Å². The molecule has 1 aliphatic rings. The molecule has 1 N–H and O–H groups in total. The highest BCUT2D eigenvalue weighted by molar-refractivity contribution is 5.84. The van der Waals surface area contributed by atoms with E-state index in [0.717, 1.165) is 60.3 Å². The Morgan fingerprint density at radius 3 is 2.46 bits per heavy atom.